The van der Waals surface area contributed by atoms with Gasteiger partial charge in [0.2, 0.25) is 11.8 Å². The van der Waals surface area contributed by atoms with Gasteiger partial charge in [0.1, 0.15) is 12.6 Å². The second-order valence-electron chi connectivity index (χ2n) is 8.48. The lowest BCUT2D eigenvalue weighted by atomic mass is 10.1. The lowest BCUT2D eigenvalue weighted by Crippen LogP contribution is -2.50. The molecule has 3 aromatic rings. The molecule has 0 radical (unpaired) electrons. The molecule has 0 fully saturated rings. The molecule has 7 nitrogen and oxygen atoms in total. The van der Waals surface area contributed by atoms with Crippen LogP contribution in [0, 0.1) is 13.8 Å². The lowest BCUT2D eigenvalue weighted by Gasteiger charge is -2.32. The predicted molar refractivity (Wildman–Crippen MR) is 145 cm³/mol. The first kappa shape index (κ1) is 27.4. The number of likely N-dealkylation sites (N-methyl/N-ethyl adjacent to an activating group) is 1. The highest BCUT2D eigenvalue weighted by Gasteiger charge is 2.33. The quantitative estimate of drug-likeness (QED) is 0.411. The number of benzene rings is 3. The van der Waals surface area contributed by atoms with E-state index >= 15 is 0 Å². The molecule has 2 amide bonds. The number of hydrogen-bond acceptors (Lipinski definition) is 4. The topological polar surface area (TPSA) is 86.8 Å². The Hall–Kier alpha value is -3.17. The molecule has 3 aromatic carbocycles. The van der Waals surface area contributed by atoms with Crippen LogP contribution < -0.4 is 9.62 Å². The molecule has 0 saturated carbocycles. The third-order valence-electron chi connectivity index (χ3n) is 6.13. The van der Waals surface area contributed by atoms with Crippen LogP contribution in [0.2, 0.25) is 0 Å². The molecule has 9 heteroatoms. The number of amides is 2. The first-order valence-corrected chi connectivity index (χ1v) is 13.7. The first-order chi connectivity index (χ1) is 17.1. The molecular formula is C27H30BrN3O4S. The van der Waals surface area contributed by atoms with E-state index in [-0.39, 0.29) is 17.3 Å². The summed E-state index contributed by atoms with van der Waals surface area (Å²) in [6, 6.07) is 20.0. The maximum atomic E-state index is 13.8. The molecular weight excluding hydrogens is 542 g/mol. The van der Waals surface area contributed by atoms with Crippen LogP contribution in [0.5, 0.6) is 0 Å². The molecule has 0 bridgehead atoms. The van der Waals surface area contributed by atoms with Gasteiger partial charge < -0.3 is 10.2 Å². The first-order valence-electron chi connectivity index (χ1n) is 11.5. The van der Waals surface area contributed by atoms with Gasteiger partial charge in [-0.15, -0.1) is 0 Å². The molecule has 3 rings (SSSR count). The molecule has 0 aromatic heterocycles. The highest BCUT2D eigenvalue weighted by atomic mass is 79.9. The largest absolute Gasteiger partial charge is 0.357 e. The number of nitrogens with one attached hydrogen (secondary N) is 1. The van der Waals surface area contributed by atoms with Crippen molar-refractivity contribution in [2.75, 3.05) is 17.9 Å². The number of sulfonamides is 1. The fraction of sp³-hybridized carbons (Fsp3) is 0.259. The molecule has 190 valence electrons. The van der Waals surface area contributed by atoms with Crippen molar-refractivity contribution in [2.45, 2.75) is 38.3 Å². The van der Waals surface area contributed by atoms with E-state index in [2.05, 4.69) is 21.2 Å². The Morgan fingerprint density at radius 3 is 2.19 bits per heavy atom. The molecule has 0 aliphatic heterocycles. The van der Waals surface area contributed by atoms with Crippen LogP contribution in [-0.4, -0.2) is 44.8 Å². The van der Waals surface area contributed by atoms with E-state index in [1.165, 1.54) is 24.1 Å². The van der Waals surface area contributed by atoms with Crippen LogP contribution in [0.25, 0.3) is 0 Å². The summed E-state index contributed by atoms with van der Waals surface area (Å²) < 4.78 is 29.6. The van der Waals surface area contributed by atoms with Gasteiger partial charge in [-0.2, -0.15) is 0 Å². The molecule has 36 heavy (non-hydrogen) atoms. The summed E-state index contributed by atoms with van der Waals surface area (Å²) in [5.74, 6) is -0.834. The van der Waals surface area contributed by atoms with Crippen LogP contribution >= 0.6 is 15.9 Å². The minimum Gasteiger partial charge on any atom is -0.357 e. The maximum Gasteiger partial charge on any atom is 0.264 e. The van der Waals surface area contributed by atoms with Gasteiger partial charge in [0.05, 0.1) is 10.6 Å². The third kappa shape index (κ3) is 6.14. The number of anilines is 1. The standard InChI is InChI=1S/C27H30BrN3O4S/c1-19-9-8-12-25(20(19)2)31(36(34,35)24-10-6-5-7-11-24)18-26(32)30(21(3)27(33)29-4)17-22-13-15-23(28)16-14-22/h5-16,21H,17-18H2,1-4H3,(H,29,33)/t21-/m0/s1. The molecule has 0 aliphatic rings. The van der Waals surface area contributed by atoms with Crippen molar-refractivity contribution in [3.63, 3.8) is 0 Å². The van der Waals surface area contributed by atoms with Crippen LogP contribution in [0.3, 0.4) is 0 Å². The van der Waals surface area contributed by atoms with Gasteiger partial charge in [0, 0.05) is 18.1 Å². The van der Waals surface area contributed by atoms with Crippen LogP contribution in [-0.2, 0) is 26.2 Å². The van der Waals surface area contributed by atoms with Crippen LogP contribution in [0.4, 0.5) is 5.69 Å². The smallest absolute Gasteiger partial charge is 0.264 e. The zero-order valence-corrected chi connectivity index (χ0v) is 23.1. The van der Waals surface area contributed by atoms with Crippen molar-refractivity contribution < 1.29 is 18.0 Å². The molecule has 1 atom stereocenters. The molecule has 0 heterocycles. The fourth-order valence-electron chi connectivity index (χ4n) is 3.82. The Bertz CT molecular complexity index is 1330. The number of carbonyl (C=O) groups excluding carboxylic acids is 2. The van der Waals surface area contributed by atoms with Crippen molar-refractivity contribution in [1.29, 1.82) is 0 Å². The number of aryl methyl sites for hydroxylation is 1. The normalized spacial score (nSPS) is 12.0. The molecule has 1 N–H and O–H groups in total. The Morgan fingerprint density at radius 1 is 0.944 bits per heavy atom. The average molecular weight is 573 g/mol. The van der Waals surface area contributed by atoms with Gasteiger partial charge in [-0.1, -0.05) is 58.4 Å². The van der Waals surface area contributed by atoms with E-state index in [1.807, 2.05) is 44.2 Å². The number of carbonyl (C=O) groups is 2. The molecule has 0 aliphatic carbocycles. The summed E-state index contributed by atoms with van der Waals surface area (Å²) in [5.41, 5.74) is 2.89. The van der Waals surface area contributed by atoms with E-state index in [0.29, 0.717) is 5.69 Å². The molecule has 0 saturated heterocycles. The zero-order valence-electron chi connectivity index (χ0n) is 20.7. The Balaban J connectivity index is 2.06. The summed E-state index contributed by atoms with van der Waals surface area (Å²) in [5, 5.41) is 2.58. The van der Waals surface area contributed by atoms with E-state index in [4.69, 9.17) is 0 Å². The van der Waals surface area contributed by atoms with Gasteiger partial charge in [0.15, 0.2) is 0 Å². The Labute approximate surface area is 221 Å². The summed E-state index contributed by atoms with van der Waals surface area (Å²) >= 11 is 3.40. The van der Waals surface area contributed by atoms with Crippen molar-refractivity contribution in [3.05, 3.63) is 94.0 Å². The van der Waals surface area contributed by atoms with Crippen molar-refractivity contribution in [1.82, 2.24) is 10.2 Å². The van der Waals surface area contributed by atoms with Gasteiger partial charge >= 0.3 is 0 Å². The summed E-state index contributed by atoms with van der Waals surface area (Å²) in [4.78, 5) is 27.8. The van der Waals surface area contributed by atoms with Crippen LogP contribution in [0.15, 0.2) is 82.2 Å². The zero-order chi connectivity index (χ0) is 26.5. The Kier molecular flexibility index (Phi) is 8.92. The fourth-order valence-corrected chi connectivity index (χ4v) is 5.57. The Morgan fingerprint density at radius 2 is 1.58 bits per heavy atom. The molecule has 0 spiro atoms. The van der Waals surface area contributed by atoms with E-state index < -0.39 is 28.5 Å². The van der Waals surface area contributed by atoms with Gasteiger partial charge in [0.25, 0.3) is 10.0 Å². The van der Waals surface area contributed by atoms with Crippen molar-refractivity contribution in [2.24, 2.45) is 0 Å². The van der Waals surface area contributed by atoms with Gasteiger partial charge in [-0.25, -0.2) is 8.42 Å². The minimum atomic E-state index is -4.07. The summed E-state index contributed by atoms with van der Waals surface area (Å²) in [6.45, 7) is 5.03. The number of nitrogens with zero attached hydrogens (tertiary/aromatic N) is 2. The molecule has 0 unspecified atom stereocenters. The summed E-state index contributed by atoms with van der Waals surface area (Å²) in [6.07, 6.45) is 0. The van der Waals surface area contributed by atoms with Crippen molar-refractivity contribution in [3.8, 4) is 0 Å². The van der Waals surface area contributed by atoms with Crippen LogP contribution in [0.1, 0.15) is 23.6 Å². The highest BCUT2D eigenvalue weighted by molar-refractivity contribution is 9.10. The van der Waals surface area contributed by atoms with Gasteiger partial charge in [-0.3, -0.25) is 13.9 Å². The number of hydrogen-bond donors (Lipinski definition) is 1. The summed E-state index contributed by atoms with van der Waals surface area (Å²) in [7, 11) is -2.57. The number of rotatable bonds is 9. The highest BCUT2D eigenvalue weighted by Crippen LogP contribution is 2.29. The monoisotopic (exact) mass is 571 g/mol. The number of halogens is 1. The second kappa shape index (κ2) is 11.7. The maximum absolute atomic E-state index is 13.8. The van der Waals surface area contributed by atoms with Crippen molar-refractivity contribution >= 4 is 43.5 Å². The third-order valence-corrected chi connectivity index (χ3v) is 8.44. The minimum absolute atomic E-state index is 0.0810. The average Bonchev–Trinajstić information content (AvgIpc) is 2.88. The van der Waals surface area contributed by atoms with E-state index in [1.54, 1.807) is 37.3 Å². The SMILES string of the molecule is CNC(=O)[C@H](C)N(Cc1ccc(Br)cc1)C(=O)CN(c1cccc(C)c1C)S(=O)(=O)c1ccccc1. The predicted octanol–water partition coefficient (Wildman–Crippen LogP) is 4.42. The lowest BCUT2D eigenvalue weighted by molar-refractivity contribution is -0.139. The van der Waals surface area contributed by atoms with E-state index in [0.717, 1.165) is 25.5 Å². The second-order valence-corrected chi connectivity index (χ2v) is 11.3. The van der Waals surface area contributed by atoms with E-state index in [9.17, 15) is 18.0 Å². The van der Waals surface area contributed by atoms with Gasteiger partial charge in [-0.05, 0) is 67.8 Å².